The van der Waals surface area contributed by atoms with Crippen molar-refractivity contribution in [3.63, 3.8) is 0 Å². The summed E-state index contributed by atoms with van der Waals surface area (Å²) in [6, 6.07) is 12.2. The molecule has 7 aliphatic heterocycles. The van der Waals surface area contributed by atoms with Gasteiger partial charge in [-0.15, -0.1) is 0 Å². The molecule has 8 aromatic heterocycles. The average molecular weight is 1870 g/mol. The van der Waals surface area contributed by atoms with Crippen molar-refractivity contribution >= 4 is 35.5 Å². The summed E-state index contributed by atoms with van der Waals surface area (Å²) in [7, 11) is 0. The second kappa shape index (κ2) is 50.0. The number of nitrogens with zero attached hydrogens (tertiary/aromatic N) is 17. The third kappa shape index (κ3) is 35.5. The van der Waals surface area contributed by atoms with Gasteiger partial charge in [0.1, 0.15) is 29.0 Å². The molecule has 0 aliphatic carbocycles. The fourth-order valence-corrected chi connectivity index (χ4v) is 15.2. The SMILES string of the molecule is CC(C)(C)c1c(CN2CCNCC2)noc1N.CC(C)(C)c1cc(CCC2CCNCC2)no1.CC(C)(C)c1conc1CN1CCNCC1.CC(C)(C)c1nc(CN2CCNCC2)no1.CC(C)(C)c1noc(C(=O)CCC2CCCN2)n1.CC(C)(C)c1noc(N2CCOCC2)n1.CC(C)(C)c1noc(NC(=O)c2ccccc2)n1.CC(C)(C)c1oncc1C(=O)N1CCNCC1. The van der Waals surface area contributed by atoms with Gasteiger partial charge in [0.2, 0.25) is 17.6 Å². The van der Waals surface area contributed by atoms with E-state index in [1.807, 2.05) is 73.3 Å². The first-order chi connectivity index (χ1) is 63.2. The molecule has 7 saturated heterocycles. The fourth-order valence-electron chi connectivity index (χ4n) is 15.2. The van der Waals surface area contributed by atoms with Gasteiger partial charge in [0, 0.05) is 199 Å². The minimum atomic E-state index is -0.264. The van der Waals surface area contributed by atoms with Crippen LogP contribution in [0.25, 0.3) is 0 Å². The summed E-state index contributed by atoms with van der Waals surface area (Å²) in [5.41, 5.74) is 11.9. The number of hydrogen-bond acceptors (Lipinski definition) is 35. The zero-order valence-electron chi connectivity index (χ0n) is 84.9. The van der Waals surface area contributed by atoms with E-state index in [4.69, 9.17) is 46.7 Å². The molecule has 15 heterocycles. The Balaban J connectivity index is 0.000000172. The van der Waals surface area contributed by atoms with Crippen LogP contribution in [0.4, 0.5) is 17.9 Å². The number of aryl methyl sites for hydroxylation is 1. The highest BCUT2D eigenvalue weighted by Crippen LogP contribution is 2.34. The molecular formula is C97H159N25O12. The first kappa shape index (κ1) is 108. The predicted molar refractivity (Wildman–Crippen MR) is 516 cm³/mol. The molecule has 2 amide bonds. The number of morpholine rings is 1. The summed E-state index contributed by atoms with van der Waals surface area (Å²) in [5, 5.41) is 54.5. The van der Waals surface area contributed by atoms with Gasteiger partial charge in [-0.1, -0.05) is 226 Å². The van der Waals surface area contributed by atoms with Crippen LogP contribution in [-0.2, 0) is 74.1 Å². The van der Waals surface area contributed by atoms with Crippen molar-refractivity contribution < 1.29 is 55.3 Å². The second-order valence-electron chi connectivity index (χ2n) is 43.6. The Hall–Kier alpha value is -9.57. The van der Waals surface area contributed by atoms with Crippen molar-refractivity contribution in [3.8, 4) is 0 Å². The number of piperazine rings is 4. The van der Waals surface area contributed by atoms with E-state index in [9.17, 15) is 14.4 Å². The standard InChI is InChI=1S/C14H24N2O.C13H21N3O2.C13H15N3O2.C12H22N4O.C12H19N3O2.C12H21N3O.C11H20N4O.C10H17N3O2/c1-14(2,3)13-10-12(16-17-13)5-4-11-6-8-15-9-7-11;1-13(2,3)12-15-11(18-16-12)10(17)7-6-9-5-4-8-14-9;1-13(2,3)11-15-12(18-16-11)14-10(17)9-7-5-4-6-8-9;1-12(2,3)10-9(15-17-11(10)13)8-16-6-4-14-5-7-16;1-12(2,3)10-9(8-14-17-10)11(16)15-6-4-13-5-7-15;1-12(2,3)10-9-16-14-11(10)8-15-6-4-13-5-7-15;1-11(2,3)10-13-9(14-16-10)8-15-6-4-12-5-7-15;1-10(2,3)8-11-9(15-12-8)13-4-6-14-7-5-13/h10-11,15H,4-9H2,1-3H3;9,14H,4-8H2,1-3H3;4-8H,1-3H3,(H,14,15,16,17);14H,4-8,13H2,1-3H3;8,13H,4-7H2,1-3H3;9,13H,4-8H2,1-3H3;12H,4-8H2,1-3H3;4-7H2,1-3H3. The summed E-state index contributed by atoms with van der Waals surface area (Å²) in [4.78, 5) is 64.3. The molecule has 9 aromatic rings. The van der Waals surface area contributed by atoms with Gasteiger partial charge >= 0.3 is 12.0 Å². The molecule has 7 aliphatic rings. The Morgan fingerprint density at radius 1 is 0.485 bits per heavy atom. The van der Waals surface area contributed by atoms with E-state index >= 15 is 0 Å². The zero-order chi connectivity index (χ0) is 97.7. The van der Waals surface area contributed by atoms with Gasteiger partial charge < -0.3 is 88.4 Å². The van der Waals surface area contributed by atoms with Gasteiger partial charge in [0.05, 0.1) is 31.6 Å². The largest absolute Gasteiger partial charge is 0.378 e. The minimum absolute atomic E-state index is 0.0204. The molecule has 1 atom stereocenters. The maximum Gasteiger partial charge on any atom is 0.328 e. The number of aromatic nitrogens is 12. The van der Waals surface area contributed by atoms with Crippen LogP contribution in [0.3, 0.4) is 0 Å². The molecule has 134 heavy (non-hydrogen) atoms. The van der Waals surface area contributed by atoms with Gasteiger partial charge in [0.15, 0.2) is 29.1 Å². The first-order valence-corrected chi connectivity index (χ1v) is 48.1. The number of hydrogen-bond donors (Lipinski definition) is 8. The lowest BCUT2D eigenvalue weighted by Crippen LogP contribution is -2.46. The Labute approximate surface area is 793 Å². The van der Waals surface area contributed by atoms with Crippen LogP contribution in [-0.4, -0.2) is 255 Å². The number of benzene rings is 1. The number of carbonyl (C=O) groups is 3. The number of nitrogen functional groups attached to an aromatic ring is 1. The molecule has 0 bridgehead atoms. The Bertz CT molecular complexity index is 4880. The van der Waals surface area contributed by atoms with E-state index in [2.05, 4.69) is 228 Å². The average Bonchev–Trinajstić information content (AvgIpc) is 1.67. The summed E-state index contributed by atoms with van der Waals surface area (Å²) >= 11 is 0. The monoisotopic (exact) mass is 1870 g/mol. The number of rotatable bonds is 17. The highest BCUT2D eigenvalue weighted by Gasteiger charge is 2.34. The van der Waals surface area contributed by atoms with E-state index in [0.717, 1.165) is 228 Å². The maximum atomic E-state index is 12.3. The Morgan fingerprint density at radius 3 is 1.55 bits per heavy atom. The molecule has 9 N–H and O–H groups in total. The normalized spacial score (nSPS) is 17.7. The van der Waals surface area contributed by atoms with Gasteiger partial charge in [-0.3, -0.25) is 34.4 Å². The smallest absolute Gasteiger partial charge is 0.328 e. The second-order valence-corrected chi connectivity index (χ2v) is 43.6. The first-order valence-electron chi connectivity index (χ1n) is 48.1. The predicted octanol–water partition coefficient (Wildman–Crippen LogP) is 12.9. The summed E-state index contributed by atoms with van der Waals surface area (Å²) in [6.07, 6.45) is 11.9. The molecule has 37 nitrogen and oxygen atoms in total. The van der Waals surface area contributed by atoms with Crippen LogP contribution in [0.2, 0.25) is 0 Å². The number of anilines is 3. The lowest BCUT2D eigenvalue weighted by molar-refractivity contribution is 0.0730. The summed E-state index contributed by atoms with van der Waals surface area (Å²) in [6.45, 7) is 74.8. The zero-order valence-corrected chi connectivity index (χ0v) is 84.9. The lowest BCUT2D eigenvalue weighted by Gasteiger charge is -2.27. The number of nitrogens with one attached hydrogen (secondary N) is 7. The fraction of sp³-hybridized carbons (Fsp3) is 0.701. The minimum Gasteiger partial charge on any atom is -0.378 e. The Morgan fingerprint density at radius 2 is 1.04 bits per heavy atom. The number of nitrogens with two attached hydrogens (primary N) is 1. The molecule has 0 radical (unpaired) electrons. The molecule has 0 saturated carbocycles. The third-order valence-corrected chi connectivity index (χ3v) is 23.2. The quantitative estimate of drug-likeness (QED) is 0.0392. The van der Waals surface area contributed by atoms with Crippen molar-refractivity contribution in [3.05, 3.63) is 135 Å². The molecule has 7 fully saturated rings. The van der Waals surface area contributed by atoms with Crippen LogP contribution in [0.5, 0.6) is 0 Å². The molecule has 1 aromatic carbocycles. The van der Waals surface area contributed by atoms with E-state index in [1.54, 1.807) is 30.5 Å². The van der Waals surface area contributed by atoms with Crippen LogP contribution in [0.1, 0.15) is 311 Å². The number of carbonyl (C=O) groups excluding carboxylic acids is 3. The van der Waals surface area contributed by atoms with Gasteiger partial charge in [-0.2, -0.15) is 19.9 Å². The van der Waals surface area contributed by atoms with E-state index in [1.165, 1.54) is 50.5 Å². The van der Waals surface area contributed by atoms with Crippen LogP contribution < -0.4 is 47.9 Å². The molecule has 1 unspecified atom stereocenters. The third-order valence-electron chi connectivity index (χ3n) is 23.2. The number of amides is 2. The van der Waals surface area contributed by atoms with Crippen molar-refractivity contribution in [2.24, 2.45) is 5.92 Å². The highest BCUT2D eigenvalue weighted by molar-refractivity contribution is 6.03. The number of piperidine rings is 1. The van der Waals surface area contributed by atoms with Crippen LogP contribution in [0, 0.1) is 5.92 Å². The Kier molecular flexibility index (Phi) is 40.3. The molecule has 37 heteroatoms. The molecule has 744 valence electrons. The molecule has 16 rings (SSSR count). The molecular weight excluding hydrogens is 1710 g/mol. The topological polar surface area (TPSA) is 447 Å². The highest BCUT2D eigenvalue weighted by atomic mass is 16.5. The van der Waals surface area contributed by atoms with Crippen LogP contribution in [0.15, 0.2) is 85.0 Å². The van der Waals surface area contributed by atoms with E-state index < -0.39 is 0 Å². The molecule has 0 spiro atoms. The van der Waals surface area contributed by atoms with Crippen molar-refractivity contribution in [1.82, 2.24) is 113 Å². The summed E-state index contributed by atoms with van der Waals surface area (Å²) < 4.78 is 46.7. The van der Waals surface area contributed by atoms with Crippen LogP contribution >= 0.6 is 0 Å². The van der Waals surface area contributed by atoms with Gasteiger partial charge in [-0.05, 0) is 93.5 Å². The van der Waals surface area contributed by atoms with Gasteiger partial charge in [0.25, 0.3) is 17.7 Å². The van der Waals surface area contributed by atoms with E-state index in [0.29, 0.717) is 52.9 Å². The van der Waals surface area contributed by atoms with Crippen molar-refractivity contribution in [2.45, 2.75) is 287 Å². The lowest BCUT2D eigenvalue weighted by atomic mass is 9.86. The number of ether oxygens (including phenoxy) is 1. The van der Waals surface area contributed by atoms with Crippen molar-refractivity contribution in [1.29, 1.82) is 0 Å². The van der Waals surface area contributed by atoms with Crippen molar-refractivity contribution in [2.75, 3.05) is 167 Å². The van der Waals surface area contributed by atoms with E-state index in [-0.39, 0.29) is 72.8 Å². The van der Waals surface area contributed by atoms with Gasteiger partial charge in [-0.25, -0.2) is 0 Å². The summed E-state index contributed by atoms with van der Waals surface area (Å²) in [5.74, 6) is 6.28. The number of Topliss-reactive ketones (excluding diaryl/α,β-unsaturated/α-hetero) is 1. The maximum absolute atomic E-state index is 12.3. The number of ketones is 1.